The average Bonchev–Trinajstić information content (AvgIpc) is 3.11. The van der Waals surface area contributed by atoms with Crippen molar-refractivity contribution in [3.8, 4) is 11.3 Å². The van der Waals surface area contributed by atoms with Gasteiger partial charge >= 0.3 is 0 Å². The second kappa shape index (κ2) is 5.00. The smallest absolute Gasteiger partial charge is 0.0956 e. The van der Waals surface area contributed by atoms with Crippen molar-refractivity contribution in [1.82, 2.24) is 9.55 Å². The Morgan fingerprint density at radius 2 is 1.91 bits per heavy atom. The number of nitrogens with zero attached hydrogens (tertiary/aromatic N) is 2. The lowest BCUT2D eigenvalue weighted by atomic mass is 9.95. The summed E-state index contributed by atoms with van der Waals surface area (Å²) in [7, 11) is 0. The summed E-state index contributed by atoms with van der Waals surface area (Å²) in [6, 6.07) is 15.9. The highest BCUT2D eigenvalue weighted by atomic mass is 16.3. The molecule has 0 aliphatic carbocycles. The molecule has 2 atom stereocenters. The van der Waals surface area contributed by atoms with E-state index in [4.69, 9.17) is 5.73 Å². The van der Waals surface area contributed by atoms with E-state index < -0.39 is 6.10 Å². The molecule has 0 bridgehead atoms. The van der Waals surface area contributed by atoms with Crippen molar-refractivity contribution in [3.63, 3.8) is 0 Å². The number of aliphatic hydroxyl groups is 1. The lowest BCUT2D eigenvalue weighted by Crippen LogP contribution is -2.11. The summed E-state index contributed by atoms with van der Waals surface area (Å²) in [6.07, 6.45) is 3.69. The molecule has 2 aromatic carbocycles. The molecular weight excluding hydrogens is 274 g/mol. The van der Waals surface area contributed by atoms with E-state index in [9.17, 15) is 5.11 Å². The van der Waals surface area contributed by atoms with Crippen LogP contribution < -0.4 is 5.73 Å². The van der Waals surface area contributed by atoms with Gasteiger partial charge in [0.1, 0.15) is 0 Å². The first-order valence-corrected chi connectivity index (χ1v) is 7.39. The highest BCUT2D eigenvalue weighted by Gasteiger charge is 2.30. The van der Waals surface area contributed by atoms with Gasteiger partial charge in [0, 0.05) is 23.2 Å². The number of aliphatic hydroxyl groups excluding tert-OH is 1. The quantitative estimate of drug-likeness (QED) is 0.729. The minimum atomic E-state index is -0.604. The van der Waals surface area contributed by atoms with Crippen molar-refractivity contribution in [2.75, 3.05) is 5.73 Å². The Kier molecular flexibility index (Phi) is 2.98. The van der Waals surface area contributed by atoms with Crippen molar-refractivity contribution in [3.05, 3.63) is 72.2 Å². The van der Waals surface area contributed by atoms with Crippen LogP contribution in [0.3, 0.4) is 0 Å². The summed E-state index contributed by atoms with van der Waals surface area (Å²) in [6.45, 7) is 0. The molecular formula is C18H17N3O. The predicted octanol–water partition coefficient (Wildman–Crippen LogP) is 3.16. The molecule has 0 radical (unpaired) electrons. The predicted molar refractivity (Wildman–Crippen MR) is 86.2 cm³/mol. The largest absolute Gasteiger partial charge is 0.398 e. The van der Waals surface area contributed by atoms with Crippen LogP contribution in [0.1, 0.15) is 29.7 Å². The number of nitrogen functional groups attached to an aromatic ring is 1. The van der Waals surface area contributed by atoms with Gasteiger partial charge in [-0.2, -0.15) is 0 Å². The maximum absolute atomic E-state index is 10.6. The molecule has 110 valence electrons. The standard InChI is InChI=1S/C18H17N3O/c19-15-8-4-3-7-14(15)18(22)9-16-12-5-1-2-6-13(12)17-10-20-11-21(16)17/h1-8,10-11,16,18,22H,9,19H2. The number of benzene rings is 2. The van der Waals surface area contributed by atoms with Gasteiger partial charge in [-0.1, -0.05) is 42.5 Å². The Hall–Kier alpha value is -2.59. The van der Waals surface area contributed by atoms with Gasteiger partial charge in [-0.3, -0.25) is 0 Å². The Bertz CT molecular complexity index is 824. The number of imidazole rings is 1. The van der Waals surface area contributed by atoms with Gasteiger partial charge in [-0.05, 0) is 11.6 Å². The Labute approximate surface area is 128 Å². The van der Waals surface area contributed by atoms with Crippen molar-refractivity contribution >= 4 is 5.69 Å². The van der Waals surface area contributed by atoms with Gasteiger partial charge in [0.2, 0.25) is 0 Å². The first-order valence-electron chi connectivity index (χ1n) is 7.39. The van der Waals surface area contributed by atoms with Crippen LogP contribution in [-0.2, 0) is 0 Å². The minimum Gasteiger partial charge on any atom is -0.398 e. The normalized spacial score (nSPS) is 17.0. The summed E-state index contributed by atoms with van der Waals surface area (Å²) >= 11 is 0. The Morgan fingerprint density at radius 1 is 1.14 bits per heavy atom. The summed E-state index contributed by atoms with van der Waals surface area (Å²) < 4.78 is 2.13. The highest BCUT2D eigenvalue weighted by Crippen LogP contribution is 2.43. The van der Waals surface area contributed by atoms with Gasteiger partial charge in [0.05, 0.1) is 30.4 Å². The summed E-state index contributed by atoms with van der Waals surface area (Å²) in [5.41, 5.74) is 10.9. The molecule has 0 saturated heterocycles. The van der Waals surface area contributed by atoms with E-state index in [0.717, 1.165) is 11.3 Å². The van der Waals surface area contributed by atoms with Crippen LogP contribution in [0.25, 0.3) is 11.3 Å². The van der Waals surface area contributed by atoms with Crippen LogP contribution in [0.5, 0.6) is 0 Å². The van der Waals surface area contributed by atoms with Crippen LogP contribution >= 0.6 is 0 Å². The fraction of sp³-hybridized carbons (Fsp3) is 0.167. The molecule has 0 spiro atoms. The molecule has 3 aromatic rings. The second-order valence-electron chi connectivity index (χ2n) is 5.67. The van der Waals surface area contributed by atoms with Gasteiger partial charge in [0.15, 0.2) is 0 Å². The molecule has 0 fully saturated rings. The summed E-state index contributed by atoms with van der Waals surface area (Å²) in [5.74, 6) is 0. The first kappa shape index (κ1) is 13.1. The van der Waals surface area contributed by atoms with E-state index in [1.54, 1.807) is 0 Å². The Morgan fingerprint density at radius 3 is 2.77 bits per heavy atom. The van der Waals surface area contributed by atoms with Crippen LogP contribution in [0, 0.1) is 0 Å². The van der Waals surface area contributed by atoms with E-state index in [2.05, 4.69) is 21.7 Å². The number of hydrogen-bond donors (Lipinski definition) is 2. The summed E-state index contributed by atoms with van der Waals surface area (Å²) in [4.78, 5) is 4.25. The topological polar surface area (TPSA) is 64.1 Å². The molecule has 2 heterocycles. The number of para-hydroxylation sites is 1. The average molecular weight is 291 g/mol. The molecule has 1 aromatic heterocycles. The third-order valence-corrected chi connectivity index (χ3v) is 4.40. The molecule has 4 heteroatoms. The van der Waals surface area contributed by atoms with Gasteiger partial charge in [-0.15, -0.1) is 0 Å². The lowest BCUT2D eigenvalue weighted by molar-refractivity contribution is 0.154. The van der Waals surface area contributed by atoms with Crippen molar-refractivity contribution in [2.24, 2.45) is 0 Å². The maximum Gasteiger partial charge on any atom is 0.0956 e. The molecule has 0 amide bonds. The molecule has 4 nitrogen and oxygen atoms in total. The molecule has 4 rings (SSSR count). The van der Waals surface area contributed by atoms with Crippen molar-refractivity contribution in [2.45, 2.75) is 18.6 Å². The minimum absolute atomic E-state index is 0.0864. The van der Waals surface area contributed by atoms with Crippen molar-refractivity contribution < 1.29 is 5.11 Å². The molecule has 22 heavy (non-hydrogen) atoms. The first-order chi connectivity index (χ1) is 10.8. The van der Waals surface area contributed by atoms with E-state index in [1.807, 2.05) is 48.9 Å². The van der Waals surface area contributed by atoms with Gasteiger partial charge in [-0.25, -0.2) is 4.98 Å². The fourth-order valence-electron chi connectivity index (χ4n) is 3.33. The third-order valence-electron chi connectivity index (χ3n) is 4.40. The Balaban J connectivity index is 1.71. The zero-order valence-electron chi connectivity index (χ0n) is 12.1. The van der Waals surface area contributed by atoms with Gasteiger partial charge < -0.3 is 15.4 Å². The summed E-state index contributed by atoms with van der Waals surface area (Å²) in [5, 5.41) is 10.6. The highest BCUT2D eigenvalue weighted by molar-refractivity contribution is 5.69. The molecule has 1 aliphatic rings. The van der Waals surface area contributed by atoms with E-state index >= 15 is 0 Å². The van der Waals surface area contributed by atoms with Crippen LogP contribution in [0.4, 0.5) is 5.69 Å². The lowest BCUT2D eigenvalue weighted by Gasteiger charge is -2.20. The number of nitrogens with two attached hydrogens (primary N) is 1. The molecule has 2 unspecified atom stereocenters. The maximum atomic E-state index is 10.6. The third kappa shape index (κ3) is 1.92. The SMILES string of the molecule is Nc1ccccc1C(O)CC1c2ccccc2-c2cncn21. The van der Waals surface area contributed by atoms with Gasteiger partial charge in [0.25, 0.3) is 0 Å². The number of anilines is 1. The number of aromatic nitrogens is 2. The van der Waals surface area contributed by atoms with Crippen LogP contribution in [0.15, 0.2) is 61.1 Å². The number of fused-ring (bicyclic) bond motifs is 3. The molecule has 3 N–H and O–H groups in total. The zero-order valence-corrected chi connectivity index (χ0v) is 12.1. The molecule has 0 saturated carbocycles. The fourth-order valence-corrected chi connectivity index (χ4v) is 3.33. The van der Waals surface area contributed by atoms with E-state index in [0.29, 0.717) is 12.1 Å². The molecule has 1 aliphatic heterocycles. The number of rotatable bonds is 3. The van der Waals surface area contributed by atoms with E-state index in [-0.39, 0.29) is 6.04 Å². The number of hydrogen-bond acceptors (Lipinski definition) is 3. The van der Waals surface area contributed by atoms with Crippen LogP contribution in [-0.4, -0.2) is 14.7 Å². The second-order valence-corrected chi connectivity index (χ2v) is 5.67. The van der Waals surface area contributed by atoms with Crippen LogP contribution in [0.2, 0.25) is 0 Å². The van der Waals surface area contributed by atoms with E-state index in [1.165, 1.54) is 11.1 Å². The monoisotopic (exact) mass is 291 g/mol. The van der Waals surface area contributed by atoms with Crippen molar-refractivity contribution in [1.29, 1.82) is 0 Å². The zero-order chi connectivity index (χ0) is 15.1.